The minimum atomic E-state index is -1.78. The summed E-state index contributed by atoms with van der Waals surface area (Å²) in [5.74, 6) is -0.209. The molecular formula is C55H105NO13. The normalized spacial score (nSPS) is 26.2. The summed E-state index contributed by atoms with van der Waals surface area (Å²) in [5.41, 5.74) is 0. The quantitative estimate of drug-likeness (QED) is 0.0206. The zero-order chi connectivity index (χ0) is 50.3. The highest BCUT2D eigenvalue weighted by Gasteiger charge is 2.51. The molecule has 2 fully saturated rings. The molecule has 12 unspecified atom stereocenters. The Morgan fingerprint density at radius 2 is 0.913 bits per heavy atom. The number of carbonyl (C=O) groups excluding carboxylic acids is 1. The van der Waals surface area contributed by atoms with Crippen molar-refractivity contribution >= 4 is 5.91 Å². The first-order valence-corrected chi connectivity index (χ1v) is 28.4. The summed E-state index contributed by atoms with van der Waals surface area (Å²) >= 11 is 0. The third-order valence-electron chi connectivity index (χ3n) is 14.2. The number of aliphatic hydroxyl groups is 8. The molecule has 0 aliphatic carbocycles. The van der Waals surface area contributed by atoms with Crippen molar-refractivity contribution in [2.24, 2.45) is 0 Å². The Kier molecular flexibility index (Phi) is 39.0. The Balaban J connectivity index is 1.59. The Bertz CT molecular complexity index is 1210. The van der Waals surface area contributed by atoms with E-state index >= 15 is 0 Å². The van der Waals surface area contributed by atoms with Gasteiger partial charge in [0.1, 0.15) is 48.8 Å². The molecule has 9 N–H and O–H groups in total. The molecule has 12 atom stereocenters. The SMILES string of the molecule is CCCCCCCCCC/C=C\CCCCCCCCCCCCCCCCCCCC(=O)NC(COC1OC(CO)C(OC2OC(CO)C(O)C(O)C2O)C(O)C1O)C(O)CCCCCCCC. The van der Waals surface area contributed by atoms with Crippen molar-refractivity contribution in [2.45, 2.75) is 312 Å². The fourth-order valence-electron chi connectivity index (χ4n) is 9.59. The van der Waals surface area contributed by atoms with Crippen LogP contribution in [-0.4, -0.2) is 140 Å². The lowest BCUT2D eigenvalue weighted by atomic mass is 9.97. The fraction of sp³-hybridized carbons (Fsp3) is 0.945. The largest absolute Gasteiger partial charge is 0.394 e. The van der Waals surface area contributed by atoms with Gasteiger partial charge in [0.05, 0.1) is 32.0 Å². The van der Waals surface area contributed by atoms with Gasteiger partial charge in [-0.2, -0.15) is 0 Å². The van der Waals surface area contributed by atoms with Crippen LogP contribution in [0.2, 0.25) is 0 Å². The number of ether oxygens (including phenoxy) is 4. The van der Waals surface area contributed by atoms with Crippen LogP contribution in [0.1, 0.15) is 239 Å². The Hall–Kier alpha value is -1.27. The molecule has 0 saturated carbocycles. The summed E-state index contributed by atoms with van der Waals surface area (Å²) in [6, 6.07) is -0.821. The van der Waals surface area contributed by atoms with E-state index < -0.39 is 86.8 Å². The van der Waals surface area contributed by atoms with Crippen molar-refractivity contribution in [3.8, 4) is 0 Å². The van der Waals surface area contributed by atoms with Crippen molar-refractivity contribution in [1.82, 2.24) is 5.32 Å². The molecule has 408 valence electrons. The zero-order valence-corrected chi connectivity index (χ0v) is 43.6. The monoisotopic (exact) mass is 988 g/mol. The maximum Gasteiger partial charge on any atom is 0.220 e. The van der Waals surface area contributed by atoms with E-state index in [1.165, 1.54) is 148 Å². The van der Waals surface area contributed by atoms with Crippen molar-refractivity contribution in [2.75, 3.05) is 19.8 Å². The maximum absolute atomic E-state index is 13.1. The van der Waals surface area contributed by atoms with Crippen molar-refractivity contribution < 1.29 is 64.6 Å². The lowest BCUT2D eigenvalue weighted by Crippen LogP contribution is -2.65. The van der Waals surface area contributed by atoms with Crippen LogP contribution in [0.5, 0.6) is 0 Å². The summed E-state index contributed by atoms with van der Waals surface area (Å²) in [6.07, 6.45) is 30.0. The van der Waals surface area contributed by atoms with Crippen LogP contribution in [0.25, 0.3) is 0 Å². The second kappa shape index (κ2) is 42.1. The predicted molar refractivity (Wildman–Crippen MR) is 272 cm³/mol. The number of aliphatic hydroxyl groups excluding tert-OH is 8. The van der Waals surface area contributed by atoms with E-state index in [-0.39, 0.29) is 12.5 Å². The van der Waals surface area contributed by atoms with Gasteiger partial charge in [0, 0.05) is 6.42 Å². The minimum Gasteiger partial charge on any atom is -0.394 e. The minimum absolute atomic E-state index is 0.209. The van der Waals surface area contributed by atoms with Gasteiger partial charge in [-0.25, -0.2) is 0 Å². The first-order chi connectivity index (χ1) is 33.6. The molecule has 14 nitrogen and oxygen atoms in total. The number of amides is 1. The molecule has 0 radical (unpaired) electrons. The van der Waals surface area contributed by atoms with Crippen LogP contribution in [0, 0.1) is 0 Å². The van der Waals surface area contributed by atoms with Crippen LogP contribution in [0.15, 0.2) is 12.2 Å². The number of nitrogens with one attached hydrogen (secondary N) is 1. The van der Waals surface area contributed by atoms with E-state index in [1.54, 1.807) is 0 Å². The average Bonchev–Trinajstić information content (AvgIpc) is 3.35. The first-order valence-electron chi connectivity index (χ1n) is 28.4. The number of rotatable bonds is 45. The molecule has 0 aromatic carbocycles. The molecule has 1 amide bonds. The number of carbonyl (C=O) groups is 1. The van der Waals surface area contributed by atoms with Gasteiger partial charge < -0.3 is 65.1 Å². The van der Waals surface area contributed by atoms with Crippen LogP contribution in [0.4, 0.5) is 0 Å². The van der Waals surface area contributed by atoms with Crippen LogP contribution >= 0.6 is 0 Å². The summed E-state index contributed by atoms with van der Waals surface area (Å²) in [5, 5.41) is 86.6. The van der Waals surface area contributed by atoms with Crippen LogP contribution in [-0.2, 0) is 23.7 Å². The number of hydrogen-bond acceptors (Lipinski definition) is 13. The second-order valence-corrected chi connectivity index (χ2v) is 20.4. The molecule has 14 heteroatoms. The standard InChI is InChI=1S/C55H105NO13/c1-3-5-7-9-11-12-13-14-15-16-17-18-19-20-21-22-23-24-25-26-27-28-29-30-31-32-33-35-37-39-47(60)56-43(44(59)38-36-34-10-8-6-4-2)42-66-54-52(65)50(63)53(46(41-58)68-54)69-55-51(64)49(62)48(61)45(40-57)67-55/h16-17,43-46,48-55,57-59,61-65H,3-15,18-42H2,1-2H3,(H,56,60)/b17-16-. The molecule has 0 aromatic rings. The van der Waals surface area contributed by atoms with E-state index in [0.717, 1.165) is 64.2 Å². The summed E-state index contributed by atoms with van der Waals surface area (Å²) in [4.78, 5) is 13.1. The van der Waals surface area contributed by atoms with Crippen LogP contribution < -0.4 is 5.32 Å². The Morgan fingerprint density at radius 1 is 0.507 bits per heavy atom. The fourth-order valence-corrected chi connectivity index (χ4v) is 9.59. The number of unbranched alkanes of at least 4 members (excludes halogenated alkanes) is 30. The van der Waals surface area contributed by atoms with E-state index in [9.17, 15) is 45.6 Å². The van der Waals surface area contributed by atoms with Gasteiger partial charge in [-0.1, -0.05) is 206 Å². The van der Waals surface area contributed by atoms with E-state index in [4.69, 9.17) is 18.9 Å². The predicted octanol–water partition coefficient (Wildman–Crippen LogP) is 8.72. The van der Waals surface area contributed by atoms with Gasteiger partial charge in [0.2, 0.25) is 5.91 Å². The van der Waals surface area contributed by atoms with Crippen molar-refractivity contribution in [3.63, 3.8) is 0 Å². The second-order valence-electron chi connectivity index (χ2n) is 20.4. The van der Waals surface area contributed by atoms with Gasteiger partial charge in [0.25, 0.3) is 0 Å². The molecule has 0 aromatic heterocycles. The van der Waals surface area contributed by atoms with E-state index in [0.29, 0.717) is 12.8 Å². The third kappa shape index (κ3) is 28.7. The summed E-state index contributed by atoms with van der Waals surface area (Å²) < 4.78 is 22.7. The van der Waals surface area contributed by atoms with Gasteiger partial charge in [-0.3, -0.25) is 4.79 Å². The Morgan fingerprint density at radius 3 is 1.38 bits per heavy atom. The first kappa shape index (κ1) is 63.8. The third-order valence-corrected chi connectivity index (χ3v) is 14.2. The maximum atomic E-state index is 13.1. The molecule has 0 bridgehead atoms. The highest BCUT2D eigenvalue weighted by molar-refractivity contribution is 5.76. The highest BCUT2D eigenvalue weighted by Crippen LogP contribution is 2.30. The van der Waals surface area contributed by atoms with Gasteiger partial charge in [-0.15, -0.1) is 0 Å². The van der Waals surface area contributed by atoms with Gasteiger partial charge >= 0.3 is 0 Å². The molecule has 2 aliphatic rings. The molecule has 69 heavy (non-hydrogen) atoms. The van der Waals surface area contributed by atoms with Gasteiger partial charge in [0.15, 0.2) is 12.6 Å². The molecular weight excluding hydrogens is 883 g/mol. The number of hydrogen-bond donors (Lipinski definition) is 9. The van der Waals surface area contributed by atoms with Crippen LogP contribution in [0.3, 0.4) is 0 Å². The smallest absolute Gasteiger partial charge is 0.220 e. The van der Waals surface area contributed by atoms with E-state index in [1.807, 2.05) is 0 Å². The molecule has 0 spiro atoms. The lowest BCUT2D eigenvalue weighted by Gasteiger charge is -2.46. The molecule has 2 aliphatic heterocycles. The topological polar surface area (TPSA) is 228 Å². The highest BCUT2D eigenvalue weighted by atomic mass is 16.7. The van der Waals surface area contributed by atoms with Crippen molar-refractivity contribution in [3.05, 3.63) is 12.2 Å². The van der Waals surface area contributed by atoms with Crippen molar-refractivity contribution in [1.29, 1.82) is 0 Å². The summed E-state index contributed by atoms with van der Waals surface area (Å²) in [6.45, 7) is 2.79. The summed E-state index contributed by atoms with van der Waals surface area (Å²) in [7, 11) is 0. The Labute approximate surface area is 418 Å². The van der Waals surface area contributed by atoms with E-state index in [2.05, 4.69) is 31.3 Å². The number of allylic oxidation sites excluding steroid dienone is 2. The lowest BCUT2D eigenvalue weighted by molar-refractivity contribution is -0.359. The molecule has 2 heterocycles. The van der Waals surface area contributed by atoms with Gasteiger partial charge in [-0.05, 0) is 38.5 Å². The average molecular weight is 988 g/mol. The molecule has 2 saturated heterocycles. The molecule has 2 rings (SSSR count). The zero-order valence-electron chi connectivity index (χ0n) is 43.6.